The van der Waals surface area contributed by atoms with Crippen LogP contribution in [0.15, 0.2) is 59.8 Å². The normalized spacial score (nSPS) is 16.4. The van der Waals surface area contributed by atoms with Gasteiger partial charge in [0, 0.05) is 38.0 Å². The Hall–Kier alpha value is -3.12. The number of morpholine rings is 1. The molecule has 3 aromatic rings. The fourth-order valence-corrected chi connectivity index (χ4v) is 5.36. The van der Waals surface area contributed by atoms with E-state index in [4.69, 9.17) is 4.74 Å². The molecular formula is C26H31FN4O5S. The highest BCUT2D eigenvalue weighted by atomic mass is 32.2. The van der Waals surface area contributed by atoms with Gasteiger partial charge in [-0.1, -0.05) is 24.8 Å². The molecule has 0 spiro atoms. The van der Waals surface area contributed by atoms with E-state index in [1.54, 1.807) is 24.3 Å². The molecule has 1 fully saturated rings. The largest absolute Gasteiger partial charge is 0.379 e. The van der Waals surface area contributed by atoms with E-state index >= 15 is 4.39 Å². The maximum Gasteiger partial charge on any atom is 0.261 e. The number of rotatable bonds is 9. The molecule has 11 heteroatoms. The maximum absolute atomic E-state index is 15.0. The Morgan fingerprint density at radius 1 is 1.24 bits per heavy atom. The molecule has 0 unspecified atom stereocenters. The number of hydrogen-bond acceptors (Lipinski definition) is 8. The van der Waals surface area contributed by atoms with Gasteiger partial charge in [-0.05, 0) is 42.7 Å². The molecule has 1 atom stereocenters. The van der Waals surface area contributed by atoms with Gasteiger partial charge < -0.3 is 4.74 Å². The zero-order chi connectivity index (χ0) is 26.8. The second kappa shape index (κ2) is 10.7. The molecule has 2 heterocycles. The summed E-state index contributed by atoms with van der Waals surface area (Å²) >= 11 is 0. The summed E-state index contributed by atoms with van der Waals surface area (Å²) in [6, 6.07) is 10.1. The summed E-state index contributed by atoms with van der Waals surface area (Å²) in [7, 11) is -3.65. The van der Waals surface area contributed by atoms with Crippen molar-refractivity contribution < 1.29 is 22.8 Å². The first kappa shape index (κ1) is 26.9. The molecule has 0 bridgehead atoms. The quantitative estimate of drug-likeness (QED) is 0.406. The van der Waals surface area contributed by atoms with Crippen LogP contribution in [0.25, 0.3) is 22.0 Å². The highest BCUT2D eigenvalue weighted by molar-refractivity contribution is 7.92. The van der Waals surface area contributed by atoms with Crippen LogP contribution in [-0.2, 0) is 27.7 Å². The van der Waals surface area contributed by atoms with Crippen molar-refractivity contribution in [3.8, 4) is 11.1 Å². The van der Waals surface area contributed by atoms with Crippen molar-refractivity contribution in [2.75, 3.05) is 32.6 Å². The number of benzene rings is 2. The Labute approximate surface area is 215 Å². The SMILES string of the molecule is C=C(NO)[C@@](C)(CCn1cnc2cc(-c3ccc(CN4CCOCC4)cc3F)ccc2c1=O)S(C)(=O)=O. The van der Waals surface area contributed by atoms with E-state index < -0.39 is 14.6 Å². The van der Waals surface area contributed by atoms with Gasteiger partial charge in [0.25, 0.3) is 5.56 Å². The number of halogens is 1. The van der Waals surface area contributed by atoms with Gasteiger partial charge >= 0.3 is 0 Å². The van der Waals surface area contributed by atoms with Crippen molar-refractivity contribution >= 4 is 20.7 Å². The molecule has 1 aliphatic rings. The van der Waals surface area contributed by atoms with Crippen molar-refractivity contribution in [2.24, 2.45) is 0 Å². The average Bonchev–Trinajstić information content (AvgIpc) is 2.87. The van der Waals surface area contributed by atoms with Crippen molar-refractivity contribution in [3.05, 3.63) is 76.7 Å². The second-order valence-corrected chi connectivity index (χ2v) is 12.0. The summed E-state index contributed by atoms with van der Waals surface area (Å²) < 4.78 is 44.9. The highest BCUT2D eigenvalue weighted by Gasteiger charge is 2.38. The van der Waals surface area contributed by atoms with Gasteiger partial charge in [-0.15, -0.1) is 0 Å². The molecule has 198 valence electrons. The molecule has 0 amide bonds. The first-order valence-electron chi connectivity index (χ1n) is 11.9. The number of hydrogen-bond donors (Lipinski definition) is 2. The first-order chi connectivity index (χ1) is 17.5. The summed E-state index contributed by atoms with van der Waals surface area (Å²) in [4.78, 5) is 19.7. The third kappa shape index (κ3) is 5.59. The number of aromatic nitrogens is 2. The van der Waals surface area contributed by atoms with Crippen LogP contribution in [0.3, 0.4) is 0 Å². The van der Waals surface area contributed by atoms with E-state index in [2.05, 4.69) is 16.5 Å². The van der Waals surface area contributed by atoms with E-state index in [0.29, 0.717) is 41.8 Å². The van der Waals surface area contributed by atoms with Crippen molar-refractivity contribution in [1.82, 2.24) is 19.9 Å². The van der Waals surface area contributed by atoms with Crippen LogP contribution in [-0.4, -0.2) is 65.4 Å². The Kier molecular flexibility index (Phi) is 7.79. The van der Waals surface area contributed by atoms with Gasteiger partial charge in [0.15, 0.2) is 9.84 Å². The van der Waals surface area contributed by atoms with E-state index in [1.165, 1.54) is 23.9 Å². The first-order valence-corrected chi connectivity index (χ1v) is 13.8. The Bertz CT molecular complexity index is 1480. The lowest BCUT2D eigenvalue weighted by atomic mass is 10.0. The van der Waals surface area contributed by atoms with Gasteiger partial charge in [-0.3, -0.25) is 24.9 Å². The molecule has 0 radical (unpaired) electrons. The maximum atomic E-state index is 15.0. The predicted octanol–water partition coefficient (Wildman–Crippen LogP) is 2.72. The number of nitrogens with zero attached hydrogens (tertiary/aromatic N) is 3. The molecule has 1 aromatic heterocycles. The minimum atomic E-state index is -3.65. The molecular weight excluding hydrogens is 499 g/mol. The Morgan fingerprint density at radius 2 is 1.97 bits per heavy atom. The Morgan fingerprint density at radius 3 is 2.62 bits per heavy atom. The van der Waals surface area contributed by atoms with Gasteiger partial charge in [-0.25, -0.2) is 17.8 Å². The van der Waals surface area contributed by atoms with E-state index in [1.807, 2.05) is 11.5 Å². The number of hydroxylamine groups is 1. The monoisotopic (exact) mass is 530 g/mol. The number of aryl methyl sites for hydroxylation is 1. The molecule has 1 aliphatic heterocycles. The lowest BCUT2D eigenvalue weighted by Gasteiger charge is -2.29. The zero-order valence-corrected chi connectivity index (χ0v) is 21.7. The molecule has 0 saturated carbocycles. The number of ether oxygens (including phenoxy) is 1. The van der Waals surface area contributed by atoms with E-state index in [9.17, 15) is 18.4 Å². The molecule has 9 nitrogen and oxygen atoms in total. The molecule has 2 aromatic carbocycles. The van der Waals surface area contributed by atoms with Crippen LogP contribution in [0.1, 0.15) is 18.9 Å². The van der Waals surface area contributed by atoms with Gasteiger partial charge in [0.2, 0.25) is 0 Å². The number of sulfone groups is 1. The standard InChI is InChI=1S/C26H31FN4O5S/c1-18(29-33)26(2,37(3,34)35)8-9-31-17-28-24-15-20(5-7-22(24)25(31)32)21-6-4-19(14-23(21)27)16-30-10-12-36-13-11-30/h4-7,14-15,17,29,33H,1,8-13,16H2,2-3H3/t26-/m1/s1. The van der Waals surface area contributed by atoms with Crippen LogP contribution in [0, 0.1) is 5.82 Å². The van der Waals surface area contributed by atoms with Crippen molar-refractivity contribution in [1.29, 1.82) is 0 Å². The smallest absolute Gasteiger partial charge is 0.261 e. The van der Waals surface area contributed by atoms with Crippen molar-refractivity contribution in [3.63, 3.8) is 0 Å². The summed E-state index contributed by atoms with van der Waals surface area (Å²) in [5.41, 5.74) is 3.69. The molecule has 0 aliphatic carbocycles. The average molecular weight is 531 g/mol. The zero-order valence-electron chi connectivity index (χ0n) is 20.9. The lowest BCUT2D eigenvalue weighted by Crippen LogP contribution is -2.42. The van der Waals surface area contributed by atoms with E-state index in [-0.39, 0.29) is 30.0 Å². The summed E-state index contributed by atoms with van der Waals surface area (Å²) in [6.07, 6.45) is 2.38. The van der Waals surface area contributed by atoms with Crippen LogP contribution in [0.4, 0.5) is 4.39 Å². The fourth-order valence-electron chi connectivity index (χ4n) is 4.41. The van der Waals surface area contributed by atoms with Crippen molar-refractivity contribution in [2.45, 2.75) is 31.2 Å². The van der Waals surface area contributed by atoms with Gasteiger partial charge in [-0.2, -0.15) is 0 Å². The summed E-state index contributed by atoms with van der Waals surface area (Å²) in [5, 5.41) is 9.56. The topological polar surface area (TPSA) is 114 Å². The predicted molar refractivity (Wildman–Crippen MR) is 139 cm³/mol. The minimum Gasteiger partial charge on any atom is -0.379 e. The lowest BCUT2D eigenvalue weighted by molar-refractivity contribution is 0.0341. The third-order valence-electron chi connectivity index (χ3n) is 7.10. The minimum absolute atomic E-state index is 0.00852. The summed E-state index contributed by atoms with van der Waals surface area (Å²) in [6.45, 7) is 8.71. The highest BCUT2D eigenvalue weighted by Crippen LogP contribution is 2.28. The third-order valence-corrected chi connectivity index (χ3v) is 9.19. The van der Waals surface area contributed by atoms with Crippen LogP contribution < -0.4 is 11.0 Å². The summed E-state index contributed by atoms with van der Waals surface area (Å²) in [5.74, 6) is -0.351. The number of nitrogens with one attached hydrogen (secondary N) is 1. The van der Waals surface area contributed by atoms with Crippen LogP contribution in [0.5, 0.6) is 0 Å². The molecule has 1 saturated heterocycles. The van der Waals surface area contributed by atoms with Gasteiger partial charge in [0.1, 0.15) is 10.6 Å². The molecule has 2 N–H and O–H groups in total. The van der Waals surface area contributed by atoms with Crippen LogP contribution >= 0.6 is 0 Å². The van der Waals surface area contributed by atoms with Crippen LogP contribution in [0.2, 0.25) is 0 Å². The Balaban J connectivity index is 1.57. The van der Waals surface area contributed by atoms with Gasteiger partial charge in [0.05, 0.1) is 36.1 Å². The fraction of sp³-hybridized carbons (Fsp3) is 0.385. The second-order valence-electron chi connectivity index (χ2n) is 9.52. The van der Waals surface area contributed by atoms with E-state index in [0.717, 1.165) is 24.9 Å². The number of fused-ring (bicyclic) bond motifs is 1. The molecule has 4 rings (SSSR count). The molecule has 37 heavy (non-hydrogen) atoms.